The van der Waals surface area contributed by atoms with Crippen molar-refractivity contribution in [2.45, 2.75) is 43.1 Å². The van der Waals surface area contributed by atoms with Gasteiger partial charge in [0.05, 0.1) is 24.1 Å². The van der Waals surface area contributed by atoms with E-state index in [4.69, 9.17) is 4.74 Å². The van der Waals surface area contributed by atoms with Crippen LogP contribution in [-0.2, 0) is 4.79 Å². The van der Waals surface area contributed by atoms with Crippen LogP contribution in [0, 0.1) is 0 Å². The predicted octanol–water partition coefficient (Wildman–Crippen LogP) is 4.41. The van der Waals surface area contributed by atoms with Crippen molar-refractivity contribution >= 4 is 17.7 Å². The van der Waals surface area contributed by atoms with Crippen LogP contribution in [0.2, 0.25) is 0 Å². The van der Waals surface area contributed by atoms with Gasteiger partial charge < -0.3 is 10.1 Å². The van der Waals surface area contributed by atoms with Crippen LogP contribution in [0.25, 0.3) is 5.69 Å². The summed E-state index contributed by atoms with van der Waals surface area (Å²) in [6, 6.07) is 17.7. The summed E-state index contributed by atoms with van der Waals surface area (Å²) >= 11 is 1.38. The number of nitrogens with zero attached hydrogens (tertiary/aromatic N) is 3. The number of methoxy groups -OCH3 is 1. The molecule has 1 heterocycles. The maximum atomic E-state index is 12.9. The smallest absolute Gasteiger partial charge is 0.233 e. The molecule has 1 amide bonds. The lowest BCUT2D eigenvalue weighted by Crippen LogP contribution is -2.34. The van der Waals surface area contributed by atoms with E-state index in [1.807, 2.05) is 54.0 Å². The predicted molar refractivity (Wildman–Crippen MR) is 115 cm³/mol. The van der Waals surface area contributed by atoms with Crippen molar-refractivity contribution in [3.8, 4) is 11.4 Å². The molecule has 0 unspecified atom stereocenters. The number of rotatable bonds is 9. The lowest BCUT2D eigenvalue weighted by atomic mass is 10.0. The van der Waals surface area contributed by atoms with Gasteiger partial charge in [-0.3, -0.25) is 9.36 Å². The molecule has 3 rings (SSSR count). The summed E-state index contributed by atoms with van der Waals surface area (Å²) in [5.74, 6) is 0.699. The van der Waals surface area contributed by atoms with E-state index in [9.17, 15) is 4.79 Å². The van der Waals surface area contributed by atoms with Gasteiger partial charge in [0, 0.05) is 0 Å². The van der Waals surface area contributed by atoms with Gasteiger partial charge in [-0.25, -0.2) is 0 Å². The number of carbonyl (C=O) groups excluding carboxylic acids is 1. The fraction of sp³-hybridized carbons (Fsp3) is 0.318. The molecule has 29 heavy (non-hydrogen) atoms. The molecular weight excluding hydrogens is 384 g/mol. The number of amides is 1. The van der Waals surface area contributed by atoms with E-state index in [2.05, 4.69) is 34.6 Å². The van der Waals surface area contributed by atoms with Gasteiger partial charge in [0.2, 0.25) is 5.91 Å². The zero-order valence-corrected chi connectivity index (χ0v) is 17.7. The minimum atomic E-state index is -0.323. The van der Waals surface area contributed by atoms with Crippen molar-refractivity contribution in [3.05, 3.63) is 66.5 Å². The Balaban J connectivity index is 1.73. The molecule has 2 atom stereocenters. The Labute approximate surface area is 175 Å². The third kappa shape index (κ3) is 5.17. The van der Waals surface area contributed by atoms with Gasteiger partial charge in [0.1, 0.15) is 12.1 Å². The first-order valence-corrected chi connectivity index (χ1v) is 10.6. The van der Waals surface area contributed by atoms with E-state index in [-0.39, 0.29) is 17.2 Å². The molecule has 152 valence electrons. The normalized spacial score (nSPS) is 12.9. The summed E-state index contributed by atoms with van der Waals surface area (Å²) in [5.41, 5.74) is 1.96. The number of carbonyl (C=O) groups is 1. The van der Waals surface area contributed by atoms with E-state index in [0.717, 1.165) is 29.8 Å². The maximum Gasteiger partial charge on any atom is 0.233 e. The molecule has 0 aliphatic rings. The summed E-state index contributed by atoms with van der Waals surface area (Å²) in [4.78, 5) is 12.9. The summed E-state index contributed by atoms with van der Waals surface area (Å²) < 4.78 is 7.28. The van der Waals surface area contributed by atoms with Gasteiger partial charge in [0.25, 0.3) is 0 Å². The topological polar surface area (TPSA) is 69.0 Å². The van der Waals surface area contributed by atoms with Gasteiger partial charge in [-0.2, -0.15) is 0 Å². The number of hydrogen-bond donors (Lipinski definition) is 1. The Hall–Kier alpha value is -2.80. The van der Waals surface area contributed by atoms with Crippen LogP contribution in [0.4, 0.5) is 0 Å². The molecule has 0 radical (unpaired) electrons. The van der Waals surface area contributed by atoms with Crippen LogP contribution in [0.5, 0.6) is 5.75 Å². The van der Waals surface area contributed by atoms with Gasteiger partial charge in [-0.05, 0) is 31.0 Å². The Morgan fingerprint density at radius 1 is 1.17 bits per heavy atom. The van der Waals surface area contributed by atoms with Crippen molar-refractivity contribution in [1.82, 2.24) is 20.1 Å². The summed E-state index contributed by atoms with van der Waals surface area (Å²) in [6.07, 6.45) is 3.52. The van der Waals surface area contributed by atoms with Gasteiger partial charge >= 0.3 is 0 Å². The second kappa shape index (κ2) is 10.1. The van der Waals surface area contributed by atoms with E-state index in [1.54, 1.807) is 13.4 Å². The fourth-order valence-electron chi connectivity index (χ4n) is 3.10. The standard InChI is InChI=1S/C22H26N4O2S/c1-4-10-18(17-11-6-5-7-12-17)24-21(27)16(2)29-22-25-23-15-26(22)19-13-8-9-14-20(19)28-3/h5-9,11-16,18H,4,10H2,1-3H3,(H,24,27)/t16-,18+/m1/s1. The highest BCUT2D eigenvalue weighted by molar-refractivity contribution is 8.00. The number of hydrogen-bond acceptors (Lipinski definition) is 5. The van der Waals surface area contributed by atoms with Crippen LogP contribution < -0.4 is 10.1 Å². The van der Waals surface area contributed by atoms with Crippen molar-refractivity contribution in [3.63, 3.8) is 0 Å². The van der Waals surface area contributed by atoms with E-state index < -0.39 is 0 Å². The fourth-order valence-corrected chi connectivity index (χ4v) is 3.94. The summed E-state index contributed by atoms with van der Waals surface area (Å²) in [5, 5.41) is 11.7. The monoisotopic (exact) mass is 410 g/mol. The zero-order valence-electron chi connectivity index (χ0n) is 16.9. The molecule has 0 spiro atoms. The van der Waals surface area contributed by atoms with E-state index >= 15 is 0 Å². The average Bonchev–Trinajstić information content (AvgIpc) is 3.21. The first-order valence-electron chi connectivity index (χ1n) is 9.69. The largest absolute Gasteiger partial charge is 0.495 e. The Kier molecular flexibility index (Phi) is 7.30. The SMILES string of the molecule is CCC[C@H](NC(=O)[C@@H](C)Sc1nncn1-c1ccccc1OC)c1ccccc1. The van der Waals surface area contributed by atoms with Crippen molar-refractivity contribution in [1.29, 1.82) is 0 Å². The van der Waals surface area contributed by atoms with Crippen LogP contribution in [-0.4, -0.2) is 33.0 Å². The molecule has 0 aliphatic heterocycles. The molecule has 0 saturated carbocycles. The van der Waals surface area contributed by atoms with E-state index in [1.165, 1.54) is 11.8 Å². The number of benzene rings is 2. The molecular formula is C22H26N4O2S. The minimum absolute atomic E-state index is 0.00355. The second-order valence-corrected chi connectivity index (χ2v) is 7.98. The maximum absolute atomic E-state index is 12.9. The third-order valence-electron chi connectivity index (χ3n) is 4.61. The number of para-hydroxylation sites is 2. The van der Waals surface area contributed by atoms with Crippen molar-refractivity contribution < 1.29 is 9.53 Å². The highest BCUT2D eigenvalue weighted by atomic mass is 32.2. The van der Waals surface area contributed by atoms with Gasteiger partial charge in [-0.1, -0.05) is 67.6 Å². The molecule has 6 nitrogen and oxygen atoms in total. The lowest BCUT2D eigenvalue weighted by molar-refractivity contribution is -0.121. The first kappa shape index (κ1) is 20.9. The molecule has 3 aromatic rings. The van der Waals surface area contributed by atoms with Gasteiger partial charge in [-0.15, -0.1) is 10.2 Å². The van der Waals surface area contributed by atoms with Crippen molar-refractivity contribution in [2.24, 2.45) is 0 Å². The average molecular weight is 411 g/mol. The Morgan fingerprint density at radius 3 is 2.62 bits per heavy atom. The number of ether oxygens (including phenoxy) is 1. The molecule has 0 fully saturated rings. The Bertz CT molecular complexity index is 929. The summed E-state index contributed by atoms with van der Waals surface area (Å²) in [6.45, 7) is 4.01. The quantitative estimate of drug-likeness (QED) is 0.529. The molecule has 1 N–H and O–H groups in total. The highest BCUT2D eigenvalue weighted by Gasteiger charge is 2.22. The van der Waals surface area contributed by atoms with Crippen LogP contribution in [0.1, 0.15) is 38.3 Å². The summed E-state index contributed by atoms with van der Waals surface area (Å²) in [7, 11) is 1.63. The highest BCUT2D eigenvalue weighted by Crippen LogP contribution is 2.29. The molecule has 0 aliphatic carbocycles. The molecule has 0 saturated heterocycles. The lowest BCUT2D eigenvalue weighted by Gasteiger charge is -2.21. The Morgan fingerprint density at radius 2 is 1.90 bits per heavy atom. The molecule has 1 aromatic heterocycles. The first-order chi connectivity index (χ1) is 14.1. The van der Waals surface area contributed by atoms with Crippen LogP contribution in [0.3, 0.4) is 0 Å². The molecule has 0 bridgehead atoms. The number of aromatic nitrogens is 3. The van der Waals surface area contributed by atoms with Crippen LogP contribution >= 0.6 is 11.8 Å². The van der Waals surface area contributed by atoms with Gasteiger partial charge in [0.15, 0.2) is 5.16 Å². The van der Waals surface area contributed by atoms with E-state index in [0.29, 0.717) is 5.16 Å². The molecule has 7 heteroatoms. The number of thioether (sulfide) groups is 1. The van der Waals surface area contributed by atoms with Crippen LogP contribution in [0.15, 0.2) is 66.1 Å². The second-order valence-electron chi connectivity index (χ2n) is 6.68. The zero-order chi connectivity index (χ0) is 20.6. The number of nitrogens with one attached hydrogen (secondary N) is 1. The van der Waals surface area contributed by atoms with Crippen molar-refractivity contribution in [2.75, 3.05) is 7.11 Å². The minimum Gasteiger partial charge on any atom is -0.495 e. The molecule has 2 aromatic carbocycles. The third-order valence-corrected chi connectivity index (χ3v) is 5.67.